The molecule has 0 amide bonds. The number of thiazole rings is 1. The van der Waals surface area contributed by atoms with Gasteiger partial charge in [0.1, 0.15) is 5.01 Å². The normalized spacial score (nSPS) is 16.5. The van der Waals surface area contributed by atoms with Crippen LogP contribution >= 0.6 is 11.3 Å². The summed E-state index contributed by atoms with van der Waals surface area (Å²) in [5.41, 5.74) is 4.96. The molecule has 1 N–H and O–H groups in total. The van der Waals surface area contributed by atoms with Gasteiger partial charge in [-0.05, 0) is 26.0 Å². The molecule has 1 fully saturated rings. The summed E-state index contributed by atoms with van der Waals surface area (Å²) >= 11 is 1.78. The van der Waals surface area contributed by atoms with E-state index in [1.807, 2.05) is 0 Å². The second-order valence-corrected chi connectivity index (χ2v) is 6.47. The number of aryl methyl sites for hydroxylation is 2. The molecule has 0 atom stereocenters. The maximum Gasteiger partial charge on any atom is 0.107 e. The van der Waals surface area contributed by atoms with Crippen LogP contribution in [0.1, 0.15) is 16.1 Å². The summed E-state index contributed by atoms with van der Waals surface area (Å²) in [6.07, 6.45) is 0. The summed E-state index contributed by atoms with van der Waals surface area (Å²) in [5, 5.41) is 6.79. The number of hydrogen-bond acceptors (Lipinski definition) is 4. The van der Waals surface area contributed by atoms with Gasteiger partial charge >= 0.3 is 0 Å². The second kappa shape index (κ2) is 6.04. The zero-order chi connectivity index (χ0) is 13.9. The summed E-state index contributed by atoms with van der Waals surface area (Å²) in [5.74, 6) is 0. The Morgan fingerprint density at radius 2 is 1.85 bits per heavy atom. The highest BCUT2D eigenvalue weighted by molar-refractivity contribution is 7.09. The molecule has 0 saturated carbocycles. The maximum absolute atomic E-state index is 4.81. The summed E-state index contributed by atoms with van der Waals surface area (Å²) in [6, 6.07) is 6.64. The predicted molar refractivity (Wildman–Crippen MR) is 85.2 cm³/mol. The Morgan fingerprint density at radius 1 is 1.15 bits per heavy atom. The van der Waals surface area contributed by atoms with Crippen molar-refractivity contribution in [2.24, 2.45) is 0 Å². The van der Waals surface area contributed by atoms with E-state index in [1.165, 1.54) is 21.7 Å². The van der Waals surface area contributed by atoms with Crippen molar-refractivity contribution >= 4 is 11.3 Å². The van der Waals surface area contributed by atoms with Crippen LogP contribution in [0.3, 0.4) is 0 Å². The van der Waals surface area contributed by atoms with E-state index in [0.717, 1.165) is 38.4 Å². The van der Waals surface area contributed by atoms with Gasteiger partial charge in [0, 0.05) is 37.1 Å². The van der Waals surface area contributed by atoms with E-state index in [-0.39, 0.29) is 0 Å². The molecule has 2 heterocycles. The number of piperazine rings is 1. The summed E-state index contributed by atoms with van der Waals surface area (Å²) in [7, 11) is 0. The molecule has 1 aromatic heterocycles. The molecule has 0 aliphatic carbocycles. The molecule has 3 rings (SSSR count). The smallest absolute Gasteiger partial charge is 0.107 e. The van der Waals surface area contributed by atoms with Crippen molar-refractivity contribution < 1.29 is 0 Å². The number of nitrogens with one attached hydrogen (secondary N) is 1. The van der Waals surface area contributed by atoms with E-state index in [9.17, 15) is 0 Å². The van der Waals surface area contributed by atoms with E-state index in [2.05, 4.69) is 47.6 Å². The molecular weight excluding hydrogens is 266 g/mol. The summed E-state index contributed by atoms with van der Waals surface area (Å²) < 4.78 is 0. The summed E-state index contributed by atoms with van der Waals surface area (Å²) in [6.45, 7) is 9.70. The van der Waals surface area contributed by atoms with Crippen molar-refractivity contribution in [3.8, 4) is 11.3 Å². The molecule has 0 spiro atoms. The van der Waals surface area contributed by atoms with E-state index in [4.69, 9.17) is 4.98 Å². The van der Waals surface area contributed by atoms with Gasteiger partial charge in [-0.3, -0.25) is 4.90 Å². The van der Waals surface area contributed by atoms with Crippen molar-refractivity contribution in [1.82, 2.24) is 15.2 Å². The molecule has 1 aliphatic rings. The zero-order valence-corrected chi connectivity index (χ0v) is 13.0. The SMILES string of the molecule is Cc1cc(C)cc(-c2csc(CN3CCNCC3)n2)c1. The Labute approximate surface area is 124 Å². The molecule has 1 aliphatic heterocycles. The van der Waals surface area contributed by atoms with Crippen LogP contribution in [0.2, 0.25) is 0 Å². The van der Waals surface area contributed by atoms with Crippen LogP contribution in [0.25, 0.3) is 11.3 Å². The van der Waals surface area contributed by atoms with Gasteiger partial charge in [0.25, 0.3) is 0 Å². The average Bonchev–Trinajstić information content (AvgIpc) is 2.87. The Bertz CT molecular complexity index is 565. The van der Waals surface area contributed by atoms with E-state index < -0.39 is 0 Å². The Hall–Kier alpha value is -1.23. The molecule has 4 heteroatoms. The fraction of sp³-hybridized carbons (Fsp3) is 0.438. The first-order valence-electron chi connectivity index (χ1n) is 7.17. The number of aromatic nitrogens is 1. The highest BCUT2D eigenvalue weighted by Crippen LogP contribution is 2.24. The van der Waals surface area contributed by atoms with Crippen LogP contribution in [0.15, 0.2) is 23.6 Å². The van der Waals surface area contributed by atoms with Crippen LogP contribution in [0.4, 0.5) is 0 Å². The number of nitrogens with zero attached hydrogens (tertiary/aromatic N) is 2. The van der Waals surface area contributed by atoms with Gasteiger partial charge < -0.3 is 5.32 Å². The standard InChI is InChI=1S/C16H21N3S/c1-12-7-13(2)9-14(8-12)15-11-20-16(18-15)10-19-5-3-17-4-6-19/h7-9,11,17H,3-6,10H2,1-2H3. The van der Waals surface area contributed by atoms with E-state index in [0.29, 0.717) is 0 Å². The van der Waals surface area contributed by atoms with E-state index >= 15 is 0 Å². The number of hydrogen-bond donors (Lipinski definition) is 1. The molecule has 106 valence electrons. The number of rotatable bonds is 3. The van der Waals surface area contributed by atoms with Gasteiger partial charge in [0.2, 0.25) is 0 Å². The molecule has 1 saturated heterocycles. The van der Waals surface area contributed by atoms with Crippen molar-refractivity contribution in [3.05, 3.63) is 39.7 Å². The van der Waals surface area contributed by atoms with Crippen LogP contribution < -0.4 is 5.32 Å². The fourth-order valence-electron chi connectivity index (χ4n) is 2.70. The Balaban J connectivity index is 1.75. The molecule has 0 unspecified atom stereocenters. The first-order chi connectivity index (χ1) is 9.70. The van der Waals surface area contributed by atoms with Gasteiger partial charge in [-0.2, -0.15) is 0 Å². The maximum atomic E-state index is 4.81. The highest BCUT2D eigenvalue weighted by atomic mass is 32.1. The topological polar surface area (TPSA) is 28.2 Å². The van der Waals surface area contributed by atoms with Gasteiger partial charge in [0.05, 0.1) is 12.2 Å². The molecule has 2 aromatic rings. The largest absolute Gasteiger partial charge is 0.314 e. The van der Waals surface area contributed by atoms with Gasteiger partial charge in [-0.25, -0.2) is 4.98 Å². The Kier molecular flexibility index (Phi) is 4.15. The zero-order valence-electron chi connectivity index (χ0n) is 12.1. The lowest BCUT2D eigenvalue weighted by Gasteiger charge is -2.26. The number of benzene rings is 1. The minimum absolute atomic E-state index is 0.983. The van der Waals surface area contributed by atoms with Crippen LogP contribution in [-0.2, 0) is 6.54 Å². The summed E-state index contributed by atoms with van der Waals surface area (Å²) in [4.78, 5) is 7.29. The second-order valence-electron chi connectivity index (χ2n) is 5.53. The van der Waals surface area contributed by atoms with Gasteiger partial charge in [-0.1, -0.05) is 17.2 Å². The first kappa shape index (κ1) is 13.7. The van der Waals surface area contributed by atoms with Crippen LogP contribution in [0, 0.1) is 13.8 Å². The minimum Gasteiger partial charge on any atom is -0.314 e. The lowest BCUT2D eigenvalue weighted by Crippen LogP contribution is -2.42. The third kappa shape index (κ3) is 3.26. The predicted octanol–water partition coefficient (Wildman–Crippen LogP) is 2.83. The highest BCUT2D eigenvalue weighted by Gasteiger charge is 2.12. The molecule has 20 heavy (non-hydrogen) atoms. The van der Waals surface area contributed by atoms with E-state index in [1.54, 1.807) is 11.3 Å². The lowest BCUT2D eigenvalue weighted by atomic mass is 10.1. The molecular formula is C16H21N3S. The van der Waals surface area contributed by atoms with Crippen molar-refractivity contribution in [1.29, 1.82) is 0 Å². The third-order valence-electron chi connectivity index (χ3n) is 3.64. The monoisotopic (exact) mass is 287 g/mol. The molecule has 0 bridgehead atoms. The van der Waals surface area contributed by atoms with Gasteiger partial charge in [-0.15, -0.1) is 11.3 Å². The van der Waals surface area contributed by atoms with Crippen molar-refractivity contribution in [2.75, 3.05) is 26.2 Å². The lowest BCUT2D eigenvalue weighted by molar-refractivity contribution is 0.233. The minimum atomic E-state index is 0.983. The quantitative estimate of drug-likeness (QED) is 0.941. The van der Waals surface area contributed by atoms with Crippen LogP contribution in [0.5, 0.6) is 0 Å². The van der Waals surface area contributed by atoms with Crippen molar-refractivity contribution in [2.45, 2.75) is 20.4 Å². The third-order valence-corrected chi connectivity index (χ3v) is 4.47. The Morgan fingerprint density at radius 3 is 2.55 bits per heavy atom. The average molecular weight is 287 g/mol. The fourth-order valence-corrected chi connectivity index (χ4v) is 3.54. The molecule has 1 aromatic carbocycles. The molecule has 0 radical (unpaired) electrons. The van der Waals surface area contributed by atoms with Crippen LogP contribution in [-0.4, -0.2) is 36.1 Å². The van der Waals surface area contributed by atoms with Crippen molar-refractivity contribution in [3.63, 3.8) is 0 Å². The molecule has 3 nitrogen and oxygen atoms in total. The van der Waals surface area contributed by atoms with Gasteiger partial charge in [0.15, 0.2) is 0 Å². The first-order valence-corrected chi connectivity index (χ1v) is 8.05.